The van der Waals surface area contributed by atoms with Crippen LogP contribution in [0.5, 0.6) is 5.75 Å². The zero-order chi connectivity index (χ0) is 16.3. The van der Waals surface area contributed by atoms with E-state index in [4.69, 9.17) is 10.5 Å². The van der Waals surface area contributed by atoms with Crippen LogP contribution >= 0.6 is 11.3 Å². The first-order valence-corrected chi connectivity index (χ1v) is 7.33. The van der Waals surface area contributed by atoms with Crippen molar-refractivity contribution in [3.05, 3.63) is 51.5 Å². The standard InChI is InChI=1S/C15H15FN2O3S/c1-8(13-10(16)4-3-5-11(13)21-2)18-15(20)12-6-9(7-22-12)14(17)19/h3-8H,1-2H3,(H2,17,19)(H,18,20). The molecule has 2 rings (SSSR count). The molecule has 1 heterocycles. The number of primary amides is 1. The van der Waals surface area contributed by atoms with E-state index in [0.29, 0.717) is 10.6 Å². The average molecular weight is 322 g/mol. The fraction of sp³-hybridized carbons (Fsp3) is 0.200. The lowest BCUT2D eigenvalue weighted by molar-refractivity contribution is 0.0943. The van der Waals surface area contributed by atoms with Crippen LogP contribution in [0.3, 0.4) is 0 Å². The minimum Gasteiger partial charge on any atom is -0.496 e. The minimum absolute atomic E-state index is 0.269. The van der Waals surface area contributed by atoms with E-state index in [9.17, 15) is 14.0 Å². The van der Waals surface area contributed by atoms with Crippen molar-refractivity contribution in [2.75, 3.05) is 7.11 Å². The number of methoxy groups -OCH3 is 1. The van der Waals surface area contributed by atoms with Gasteiger partial charge in [0.15, 0.2) is 0 Å². The van der Waals surface area contributed by atoms with Crippen molar-refractivity contribution in [1.82, 2.24) is 5.32 Å². The average Bonchev–Trinajstić information content (AvgIpc) is 2.96. The Morgan fingerprint density at radius 1 is 1.41 bits per heavy atom. The highest BCUT2D eigenvalue weighted by atomic mass is 32.1. The number of hydrogen-bond donors (Lipinski definition) is 2. The lowest BCUT2D eigenvalue weighted by Gasteiger charge is -2.17. The van der Waals surface area contributed by atoms with Crippen LogP contribution in [0.4, 0.5) is 4.39 Å². The molecule has 0 aliphatic rings. The maximum absolute atomic E-state index is 14.0. The van der Waals surface area contributed by atoms with Gasteiger partial charge >= 0.3 is 0 Å². The first kappa shape index (κ1) is 16.0. The summed E-state index contributed by atoms with van der Waals surface area (Å²) in [5.41, 5.74) is 5.69. The highest BCUT2D eigenvalue weighted by Gasteiger charge is 2.20. The van der Waals surface area contributed by atoms with Gasteiger partial charge in [-0.15, -0.1) is 11.3 Å². The summed E-state index contributed by atoms with van der Waals surface area (Å²) in [6.07, 6.45) is 0. The van der Waals surface area contributed by atoms with E-state index in [2.05, 4.69) is 5.32 Å². The molecular formula is C15H15FN2O3S. The van der Waals surface area contributed by atoms with E-state index in [1.165, 1.54) is 30.7 Å². The molecule has 116 valence electrons. The number of rotatable bonds is 5. The monoisotopic (exact) mass is 322 g/mol. The second kappa shape index (κ2) is 6.57. The maximum Gasteiger partial charge on any atom is 0.261 e. The fourth-order valence-corrected chi connectivity index (χ4v) is 2.84. The van der Waals surface area contributed by atoms with Crippen LogP contribution < -0.4 is 15.8 Å². The van der Waals surface area contributed by atoms with Gasteiger partial charge in [0.2, 0.25) is 5.91 Å². The number of amides is 2. The van der Waals surface area contributed by atoms with Gasteiger partial charge < -0.3 is 15.8 Å². The van der Waals surface area contributed by atoms with Crippen molar-refractivity contribution in [3.8, 4) is 5.75 Å². The lowest BCUT2D eigenvalue weighted by atomic mass is 10.1. The first-order valence-electron chi connectivity index (χ1n) is 6.45. The third-order valence-corrected chi connectivity index (χ3v) is 4.05. The van der Waals surface area contributed by atoms with Gasteiger partial charge in [-0.05, 0) is 25.1 Å². The summed E-state index contributed by atoms with van der Waals surface area (Å²) in [5.74, 6) is -1.11. The highest BCUT2D eigenvalue weighted by molar-refractivity contribution is 7.12. The van der Waals surface area contributed by atoms with Crippen molar-refractivity contribution in [2.45, 2.75) is 13.0 Å². The number of ether oxygens (including phenoxy) is 1. The van der Waals surface area contributed by atoms with E-state index >= 15 is 0 Å². The Labute approximate surface area is 130 Å². The van der Waals surface area contributed by atoms with Gasteiger partial charge in [-0.2, -0.15) is 0 Å². The molecule has 22 heavy (non-hydrogen) atoms. The molecule has 0 bridgehead atoms. The molecule has 0 spiro atoms. The number of nitrogens with one attached hydrogen (secondary N) is 1. The van der Waals surface area contributed by atoms with Crippen LogP contribution in [0.25, 0.3) is 0 Å². The molecule has 7 heteroatoms. The van der Waals surface area contributed by atoms with Crippen LogP contribution in [0.15, 0.2) is 29.6 Å². The second-order valence-corrected chi connectivity index (χ2v) is 5.53. The van der Waals surface area contributed by atoms with Crippen molar-refractivity contribution in [3.63, 3.8) is 0 Å². The Bertz CT molecular complexity index is 715. The van der Waals surface area contributed by atoms with Gasteiger partial charge in [-0.25, -0.2) is 4.39 Å². The van der Waals surface area contributed by atoms with Crippen molar-refractivity contribution >= 4 is 23.2 Å². The normalized spacial score (nSPS) is 11.8. The number of thiophene rings is 1. The maximum atomic E-state index is 14.0. The largest absolute Gasteiger partial charge is 0.496 e. The number of nitrogens with two attached hydrogens (primary N) is 1. The van der Waals surface area contributed by atoms with Gasteiger partial charge in [-0.1, -0.05) is 6.07 Å². The molecule has 1 unspecified atom stereocenters. The quantitative estimate of drug-likeness (QED) is 0.887. The number of carbonyl (C=O) groups excluding carboxylic acids is 2. The Balaban J connectivity index is 2.19. The summed E-state index contributed by atoms with van der Waals surface area (Å²) >= 11 is 1.10. The van der Waals surface area contributed by atoms with Crippen molar-refractivity contribution in [2.24, 2.45) is 5.73 Å². The first-order chi connectivity index (χ1) is 10.4. The van der Waals surface area contributed by atoms with E-state index in [1.807, 2.05) is 0 Å². The third kappa shape index (κ3) is 3.25. The van der Waals surface area contributed by atoms with Gasteiger partial charge in [-0.3, -0.25) is 9.59 Å². The Morgan fingerprint density at radius 2 is 2.14 bits per heavy atom. The van der Waals surface area contributed by atoms with Crippen molar-refractivity contribution in [1.29, 1.82) is 0 Å². The fourth-order valence-electron chi connectivity index (χ4n) is 2.04. The number of halogens is 1. The molecule has 1 aromatic carbocycles. The van der Waals surface area contributed by atoms with Crippen LogP contribution in [0.1, 0.15) is 38.6 Å². The predicted molar refractivity (Wildman–Crippen MR) is 81.7 cm³/mol. The molecule has 1 atom stereocenters. The summed E-state index contributed by atoms with van der Waals surface area (Å²) in [4.78, 5) is 23.5. The van der Waals surface area contributed by atoms with Gasteiger partial charge in [0, 0.05) is 5.38 Å². The summed E-state index contributed by atoms with van der Waals surface area (Å²) in [6.45, 7) is 1.65. The highest BCUT2D eigenvalue weighted by Crippen LogP contribution is 2.28. The van der Waals surface area contributed by atoms with Crippen LogP contribution in [0.2, 0.25) is 0 Å². The molecule has 0 aliphatic carbocycles. The second-order valence-electron chi connectivity index (χ2n) is 4.61. The Morgan fingerprint density at radius 3 is 2.73 bits per heavy atom. The van der Waals surface area contributed by atoms with Crippen LogP contribution in [-0.4, -0.2) is 18.9 Å². The zero-order valence-electron chi connectivity index (χ0n) is 12.1. The molecular weight excluding hydrogens is 307 g/mol. The van der Waals surface area contributed by atoms with Gasteiger partial charge in [0.1, 0.15) is 11.6 Å². The van der Waals surface area contributed by atoms with Crippen molar-refractivity contribution < 1.29 is 18.7 Å². The van der Waals surface area contributed by atoms with E-state index < -0.39 is 23.7 Å². The molecule has 0 saturated heterocycles. The lowest BCUT2D eigenvalue weighted by Crippen LogP contribution is -2.27. The van der Waals surface area contributed by atoms with Gasteiger partial charge in [0.25, 0.3) is 5.91 Å². The van der Waals surface area contributed by atoms with Crippen LogP contribution in [-0.2, 0) is 0 Å². The molecule has 5 nitrogen and oxygen atoms in total. The number of hydrogen-bond acceptors (Lipinski definition) is 4. The van der Waals surface area contributed by atoms with E-state index in [-0.39, 0.29) is 11.1 Å². The zero-order valence-corrected chi connectivity index (χ0v) is 12.9. The smallest absolute Gasteiger partial charge is 0.261 e. The molecule has 0 saturated carbocycles. The van der Waals surface area contributed by atoms with E-state index in [1.54, 1.807) is 13.0 Å². The molecule has 2 amide bonds. The molecule has 3 N–H and O–H groups in total. The topological polar surface area (TPSA) is 81.4 Å². The van der Waals surface area contributed by atoms with E-state index in [0.717, 1.165) is 11.3 Å². The molecule has 0 aliphatic heterocycles. The van der Waals surface area contributed by atoms with Gasteiger partial charge in [0.05, 0.1) is 29.2 Å². The molecule has 1 aromatic heterocycles. The summed E-state index contributed by atoms with van der Waals surface area (Å²) in [5, 5.41) is 4.19. The SMILES string of the molecule is COc1cccc(F)c1C(C)NC(=O)c1cc(C(N)=O)cs1. The summed E-state index contributed by atoms with van der Waals surface area (Å²) < 4.78 is 19.1. The Hall–Kier alpha value is -2.41. The third-order valence-electron chi connectivity index (χ3n) is 3.12. The molecule has 2 aromatic rings. The summed E-state index contributed by atoms with van der Waals surface area (Å²) in [7, 11) is 1.44. The van der Waals surface area contributed by atoms with Crippen LogP contribution in [0, 0.1) is 5.82 Å². The summed E-state index contributed by atoms with van der Waals surface area (Å²) in [6, 6.07) is 5.27. The molecule has 0 fully saturated rings. The Kier molecular flexibility index (Phi) is 4.77. The predicted octanol–water partition coefficient (Wildman–Crippen LogP) is 2.49. The minimum atomic E-state index is -0.598. The molecule has 0 radical (unpaired) electrons. The number of carbonyl (C=O) groups is 2. The number of benzene rings is 1.